The molecule has 0 saturated heterocycles. The average molecular weight is 531 g/mol. The van der Waals surface area contributed by atoms with Crippen molar-refractivity contribution in [3.63, 3.8) is 0 Å². The quantitative estimate of drug-likeness (QED) is 0.184. The van der Waals surface area contributed by atoms with Crippen molar-refractivity contribution in [2.75, 3.05) is 13.1 Å². The summed E-state index contributed by atoms with van der Waals surface area (Å²) in [7, 11) is 0. The zero-order valence-electron chi connectivity index (χ0n) is 23.0. The Bertz CT molecular complexity index is 1700. The Labute approximate surface area is 233 Å². The van der Waals surface area contributed by atoms with Crippen molar-refractivity contribution in [2.45, 2.75) is 39.5 Å². The number of nitrogens with one attached hydrogen (secondary N) is 3. The number of rotatable bonds is 9. The molecular weight excluding hydrogens is 496 g/mol. The standard InChI is InChI=1S/C32H34N8/c1-3-8-22(16-34-15-21-9-5-6-10-21)13-23(4-2)27-14-25-28(20-36-27)39-40-31(25)32-37-29-19-35-18-26(30(29)38-32)24-11-7-12-33-17-24/h3-4,7-8,11-14,17-21,34H,5-6,9-10,15-16H2,1-2H3,(H,37,38)(H,39,40)/b8-3+,22-13+,23-4+. The lowest BCUT2D eigenvalue weighted by atomic mass is 10.0. The third-order valence-corrected chi connectivity index (χ3v) is 7.60. The van der Waals surface area contributed by atoms with Gasteiger partial charge >= 0.3 is 0 Å². The molecule has 1 aliphatic carbocycles. The highest BCUT2D eigenvalue weighted by Gasteiger charge is 2.17. The molecule has 5 heterocycles. The minimum atomic E-state index is 0.680. The van der Waals surface area contributed by atoms with E-state index in [1.807, 2.05) is 30.7 Å². The third-order valence-electron chi connectivity index (χ3n) is 7.60. The van der Waals surface area contributed by atoms with Gasteiger partial charge in [0, 0.05) is 41.6 Å². The molecule has 0 aromatic carbocycles. The molecule has 202 valence electrons. The number of aromatic nitrogens is 7. The molecule has 6 rings (SSSR count). The van der Waals surface area contributed by atoms with Gasteiger partial charge in [0.2, 0.25) is 0 Å². The van der Waals surface area contributed by atoms with E-state index >= 15 is 0 Å². The summed E-state index contributed by atoms with van der Waals surface area (Å²) in [6.45, 7) is 6.03. The molecule has 0 atom stereocenters. The maximum atomic E-state index is 4.95. The number of fused-ring (bicyclic) bond motifs is 2. The largest absolute Gasteiger partial charge is 0.335 e. The van der Waals surface area contributed by atoms with Gasteiger partial charge in [-0.15, -0.1) is 0 Å². The van der Waals surface area contributed by atoms with Gasteiger partial charge in [-0.3, -0.25) is 20.1 Å². The van der Waals surface area contributed by atoms with E-state index in [2.05, 4.69) is 74.7 Å². The van der Waals surface area contributed by atoms with Crippen molar-refractivity contribution in [2.24, 2.45) is 5.92 Å². The molecule has 8 heteroatoms. The molecule has 0 amide bonds. The highest BCUT2D eigenvalue weighted by atomic mass is 15.1. The van der Waals surface area contributed by atoms with Gasteiger partial charge in [-0.1, -0.05) is 37.1 Å². The lowest BCUT2D eigenvalue weighted by Crippen LogP contribution is -2.23. The van der Waals surface area contributed by atoms with Gasteiger partial charge in [0.15, 0.2) is 5.82 Å². The fraction of sp³-hybridized carbons (Fsp3) is 0.281. The predicted octanol–water partition coefficient (Wildman–Crippen LogP) is 6.64. The van der Waals surface area contributed by atoms with Crippen LogP contribution < -0.4 is 5.32 Å². The van der Waals surface area contributed by atoms with E-state index in [0.717, 1.165) is 69.0 Å². The lowest BCUT2D eigenvalue weighted by molar-refractivity contribution is 0.503. The Balaban J connectivity index is 1.31. The zero-order valence-corrected chi connectivity index (χ0v) is 23.0. The second kappa shape index (κ2) is 11.8. The van der Waals surface area contributed by atoms with Gasteiger partial charge in [0.25, 0.3) is 0 Å². The number of nitrogens with zero attached hydrogens (tertiary/aromatic N) is 5. The summed E-state index contributed by atoms with van der Waals surface area (Å²) in [5.74, 6) is 1.49. The van der Waals surface area contributed by atoms with Crippen LogP contribution in [0.5, 0.6) is 0 Å². The van der Waals surface area contributed by atoms with Crippen molar-refractivity contribution >= 4 is 27.5 Å². The van der Waals surface area contributed by atoms with Crippen LogP contribution in [0.25, 0.3) is 50.2 Å². The van der Waals surface area contributed by atoms with Crippen LogP contribution in [0.2, 0.25) is 0 Å². The topological polar surface area (TPSA) is 108 Å². The van der Waals surface area contributed by atoms with Crippen molar-refractivity contribution in [1.82, 2.24) is 40.4 Å². The summed E-state index contributed by atoms with van der Waals surface area (Å²) in [5, 5.41) is 12.4. The summed E-state index contributed by atoms with van der Waals surface area (Å²) in [5.41, 5.74) is 8.37. The smallest absolute Gasteiger partial charge is 0.159 e. The van der Waals surface area contributed by atoms with E-state index in [4.69, 9.17) is 9.97 Å². The third kappa shape index (κ3) is 5.35. The Morgan fingerprint density at radius 1 is 1.07 bits per heavy atom. The number of aromatic amines is 2. The number of H-pyrrole nitrogens is 2. The summed E-state index contributed by atoms with van der Waals surface area (Å²) in [6.07, 6.45) is 23.1. The van der Waals surface area contributed by atoms with Crippen molar-refractivity contribution in [3.8, 4) is 22.6 Å². The molecule has 8 nitrogen and oxygen atoms in total. The first-order valence-corrected chi connectivity index (χ1v) is 14.0. The molecule has 0 aliphatic heterocycles. The van der Waals surface area contributed by atoms with Crippen molar-refractivity contribution in [1.29, 1.82) is 0 Å². The second-order valence-corrected chi connectivity index (χ2v) is 10.3. The van der Waals surface area contributed by atoms with Gasteiger partial charge in [-0.05, 0) is 68.5 Å². The zero-order chi connectivity index (χ0) is 27.3. The molecule has 0 radical (unpaired) electrons. The van der Waals surface area contributed by atoms with E-state index in [9.17, 15) is 0 Å². The molecule has 0 unspecified atom stereocenters. The van der Waals surface area contributed by atoms with Crippen LogP contribution in [0.15, 0.2) is 79.1 Å². The van der Waals surface area contributed by atoms with Crippen molar-refractivity contribution in [3.05, 3.63) is 84.8 Å². The van der Waals surface area contributed by atoms with Crippen LogP contribution >= 0.6 is 0 Å². The fourth-order valence-electron chi connectivity index (χ4n) is 5.55. The van der Waals surface area contributed by atoms with Crippen LogP contribution in [-0.4, -0.2) is 48.2 Å². The van der Waals surface area contributed by atoms with Crippen molar-refractivity contribution < 1.29 is 0 Å². The monoisotopic (exact) mass is 530 g/mol. The van der Waals surface area contributed by atoms with E-state index in [1.54, 1.807) is 12.4 Å². The van der Waals surface area contributed by atoms with E-state index < -0.39 is 0 Å². The molecule has 1 fully saturated rings. The first-order chi connectivity index (χ1) is 19.7. The summed E-state index contributed by atoms with van der Waals surface area (Å²) >= 11 is 0. The van der Waals surface area contributed by atoms with Crippen LogP contribution in [0.4, 0.5) is 0 Å². The number of hydrogen-bond acceptors (Lipinski definition) is 6. The van der Waals surface area contributed by atoms with Crippen LogP contribution in [-0.2, 0) is 0 Å². The first kappa shape index (κ1) is 25.8. The van der Waals surface area contributed by atoms with Crippen LogP contribution in [0.1, 0.15) is 45.2 Å². The van der Waals surface area contributed by atoms with Crippen LogP contribution in [0.3, 0.4) is 0 Å². The number of imidazole rings is 1. The Morgan fingerprint density at radius 2 is 1.98 bits per heavy atom. The van der Waals surface area contributed by atoms with Gasteiger partial charge in [-0.2, -0.15) is 5.10 Å². The second-order valence-electron chi connectivity index (χ2n) is 10.3. The molecule has 1 aliphatic rings. The Kier molecular flexibility index (Phi) is 7.59. The molecule has 5 aromatic heterocycles. The molecule has 5 aromatic rings. The summed E-state index contributed by atoms with van der Waals surface area (Å²) < 4.78 is 0. The SMILES string of the molecule is C/C=C/C(=C\C(=C/C)c1cc2c(-c3nc4c(-c5cccnc5)cncc4[nH]3)n[nH]c2cn1)CNCC1CCCC1. The summed E-state index contributed by atoms with van der Waals surface area (Å²) in [4.78, 5) is 21.8. The molecular formula is C32H34N8. The highest BCUT2D eigenvalue weighted by Crippen LogP contribution is 2.31. The average Bonchev–Trinajstić information content (AvgIpc) is 3.75. The van der Waals surface area contributed by atoms with E-state index in [-0.39, 0.29) is 0 Å². The molecule has 3 N–H and O–H groups in total. The maximum Gasteiger partial charge on any atom is 0.159 e. The van der Waals surface area contributed by atoms with Gasteiger partial charge < -0.3 is 10.3 Å². The molecule has 40 heavy (non-hydrogen) atoms. The van der Waals surface area contributed by atoms with Gasteiger partial charge in [0.1, 0.15) is 11.2 Å². The van der Waals surface area contributed by atoms with Gasteiger partial charge in [-0.25, -0.2) is 4.98 Å². The Hall–Kier alpha value is -4.43. The van der Waals surface area contributed by atoms with E-state index in [0.29, 0.717) is 5.82 Å². The predicted molar refractivity (Wildman–Crippen MR) is 161 cm³/mol. The highest BCUT2D eigenvalue weighted by molar-refractivity contribution is 5.97. The number of allylic oxidation sites excluding steroid dienone is 4. The normalized spacial score (nSPS) is 15.2. The maximum absolute atomic E-state index is 4.95. The van der Waals surface area contributed by atoms with E-state index in [1.165, 1.54) is 31.3 Å². The number of hydrogen-bond donors (Lipinski definition) is 3. The molecule has 0 spiro atoms. The first-order valence-electron chi connectivity index (χ1n) is 14.0. The molecule has 0 bridgehead atoms. The fourth-order valence-corrected chi connectivity index (χ4v) is 5.55. The lowest BCUT2D eigenvalue weighted by Gasteiger charge is -2.12. The molecule has 1 saturated carbocycles. The minimum Gasteiger partial charge on any atom is -0.335 e. The minimum absolute atomic E-state index is 0.680. The van der Waals surface area contributed by atoms with Crippen LogP contribution in [0, 0.1) is 5.92 Å². The Morgan fingerprint density at radius 3 is 2.77 bits per heavy atom. The number of pyridine rings is 3. The summed E-state index contributed by atoms with van der Waals surface area (Å²) in [6, 6.07) is 6.02. The van der Waals surface area contributed by atoms with Gasteiger partial charge in [0.05, 0.1) is 29.1 Å².